The zero-order valence-corrected chi connectivity index (χ0v) is 10.2. The van der Waals surface area contributed by atoms with E-state index in [1.165, 1.54) is 11.8 Å². The molecule has 1 unspecified atom stereocenters. The van der Waals surface area contributed by atoms with Crippen LogP contribution in [0.5, 0.6) is 0 Å². The van der Waals surface area contributed by atoms with E-state index in [1.54, 1.807) is 0 Å². The number of nitrogens with zero attached hydrogens (tertiary/aromatic N) is 1. The Kier molecular flexibility index (Phi) is 5.21. The minimum Gasteiger partial charge on any atom is -0.409 e. The van der Waals surface area contributed by atoms with Gasteiger partial charge in [0.25, 0.3) is 0 Å². The van der Waals surface area contributed by atoms with Crippen LogP contribution in [0.4, 0.5) is 8.78 Å². The van der Waals surface area contributed by atoms with E-state index in [1.807, 2.05) is 6.92 Å². The number of hydrogen-bond donors (Lipinski definition) is 2. The second-order valence-corrected chi connectivity index (χ2v) is 4.86. The third-order valence-corrected chi connectivity index (χ3v) is 3.61. The first-order valence-electron chi connectivity index (χ1n) is 5.15. The Hall–Kier alpha value is -1.30. The third-order valence-electron chi connectivity index (χ3n) is 2.21. The van der Waals surface area contributed by atoms with Gasteiger partial charge in [0.05, 0.1) is 0 Å². The number of oxime groups is 1. The van der Waals surface area contributed by atoms with Gasteiger partial charge < -0.3 is 10.9 Å². The summed E-state index contributed by atoms with van der Waals surface area (Å²) in [5.41, 5.74) is 5.39. The second-order valence-electron chi connectivity index (χ2n) is 3.52. The Balaban J connectivity index is 2.76. The van der Waals surface area contributed by atoms with Crippen molar-refractivity contribution in [3.63, 3.8) is 0 Å². The average Bonchev–Trinajstić information content (AvgIpc) is 2.32. The van der Waals surface area contributed by atoms with Crippen LogP contribution in [0.15, 0.2) is 28.3 Å². The molecule has 0 amide bonds. The molecule has 0 saturated carbocycles. The van der Waals surface area contributed by atoms with Gasteiger partial charge in [-0.05, 0) is 24.6 Å². The Morgan fingerprint density at radius 3 is 2.82 bits per heavy atom. The highest BCUT2D eigenvalue weighted by atomic mass is 32.2. The maximum absolute atomic E-state index is 13.4. The van der Waals surface area contributed by atoms with Crippen LogP contribution in [0, 0.1) is 11.6 Å². The van der Waals surface area contributed by atoms with Gasteiger partial charge in [-0.2, -0.15) is 0 Å². The second kappa shape index (κ2) is 6.44. The van der Waals surface area contributed by atoms with Crippen LogP contribution in [0.1, 0.15) is 19.8 Å². The van der Waals surface area contributed by atoms with E-state index in [4.69, 9.17) is 10.9 Å². The van der Waals surface area contributed by atoms with E-state index < -0.39 is 11.6 Å². The lowest BCUT2D eigenvalue weighted by Crippen LogP contribution is -2.18. The van der Waals surface area contributed by atoms with Crippen molar-refractivity contribution in [2.24, 2.45) is 10.9 Å². The van der Waals surface area contributed by atoms with Crippen LogP contribution in [-0.4, -0.2) is 16.3 Å². The fraction of sp³-hybridized carbons (Fsp3) is 0.364. The SMILES string of the molecule is CCC(C/C(N)=N/O)Sc1cc(F)ccc1F. The molecule has 1 aromatic carbocycles. The third kappa shape index (κ3) is 4.22. The first kappa shape index (κ1) is 13.8. The summed E-state index contributed by atoms with van der Waals surface area (Å²) in [5, 5.41) is 11.3. The molecule has 0 radical (unpaired) electrons. The summed E-state index contributed by atoms with van der Waals surface area (Å²) in [6, 6.07) is 3.31. The highest BCUT2D eigenvalue weighted by Crippen LogP contribution is 2.30. The van der Waals surface area contributed by atoms with Gasteiger partial charge in [0.15, 0.2) is 0 Å². The summed E-state index contributed by atoms with van der Waals surface area (Å²) >= 11 is 1.19. The van der Waals surface area contributed by atoms with Crippen LogP contribution in [0.2, 0.25) is 0 Å². The summed E-state index contributed by atoms with van der Waals surface area (Å²) in [5.74, 6) is -0.858. The van der Waals surface area contributed by atoms with Gasteiger partial charge in [0, 0.05) is 16.6 Å². The van der Waals surface area contributed by atoms with Gasteiger partial charge in [-0.15, -0.1) is 11.8 Å². The van der Waals surface area contributed by atoms with Crippen molar-refractivity contribution < 1.29 is 14.0 Å². The van der Waals surface area contributed by atoms with Crippen LogP contribution in [-0.2, 0) is 0 Å². The molecule has 0 bridgehead atoms. The summed E-state index contributed by atoms with van der Waals surface area (Å²) in [4.78, 5) is 0.239. The van der Waals surface area contributed by atoms with E-state index in [-0.39, 0.29) is 16.0 Å². The number of rotatable bonds is 5. The van der Waals surface area contributed by atoms with Crippen molar-refractivity contribution in [2.75, 3.05) is 0 Å². The molecule has 94 valence electrons. The molecule has 3 nitrogen and oxygen atoms in total. The largest absolute Gasteiger partial charge is 0.409 e. The molecule has 0 fully saturated rings. The van der Waals surface area contributed by atoms with Crippen LogP contribution in [0.25, 0.3) is 0 Å². The molecule has 1 atom stereocenters. The lowest BCUT2D eigenvalue weighted by atomic mass is 10.2. The molecule has 0 aliphatic rings. The number of amidine groups is 1. The van der Waals surface area contributed by atoms with Crippen molar-refractivity contribution >= 4 is 17.6 Å². The van der Waals surface area contributed by atoms with Crippen molar-refractivity contribution in [2.45, 2.75) is 29.9 Å². The number of thioether (sulfide) groups is 1. The van der Waals surface area contributed by atoms with Crippen LogP contribution < -0.4 is 5.73 Å². The summed E-state index contributed by atoms with van der Waals surface area (Å²) in [6.45, 7) is 1.90. The average molecular weight is 260 g/mol. The predicted octanol–water partition coefficient (Wildman–Crippen LogP) is 2.97. The summed E-state index contributed by atoms with van der Waals surface area (Å²) in [6.07, 6.45) is 1.03. The molecule has 0 aliphatic carbocycles. The molecular formula is C11H14F2N2OS. The molecule has 6 heteroatoms. The number of nitrogens with two attached hydrogens (primary N) is 1. The molecule has 0 spiro atoms. The Morgan fingerprint density at radius 1 is 1.53 bits per heavy atom. The van der Waals surface area contributed by atoms with Crippen molar-refractivity contribution in [1.29, 1.82) is 0 Å². The quantitative estimate of drug-likeness (QED) is 0.281. The summed E-state index contributed by atoms with van der Waals surface area (Å²) in [7, 11) is 0. The van der Waals surface area contributed by atoms with E-state index >= 15 is 0 Å². The molecule has 0 saturated heterocycles. The van der Waals surface area contributed by atoms with Gasteiger partial charge in [-0.1, -0.05) is 12.1 Å². The zero-order chi connectivity index (χ0) is 12.8. The van der Waals surface area contributed by atoms with Crippen molar-refractivity contribution in [3.05, 3.63) is 29.8 Å². The van der Waals surface area contributed by atoms with Crippen LogP contribution in [0.3, 0.4) is 0 Å². The lowest BCUT2D eigenvalue weighted by Gasteiger charge is -2.13. The minimum absolute atomic E-state index is 0.0535. The number of hydrogen-bond acceptors (Lipinski definition) is 3. The first-order chi connectivity index (χ1) is 8.06. The maximum atomic E-state index is 13.4. The fourth-order valence-electron chi connectivity index (χ4n) is 1.29. The highest BCUT2D eigenvalue weighted by molar-refractivity contribution is 8.00. The topological polar surface area (TPSA) is 58.6 Å². The normalized spacial score (nSPS) is 13.7. The Labute approximate surface area is 103 Å². The van der Waals surface area contributed by atoms with Gasteiger partial charge in [0.2, 0.25) is 0 Å². The van der Waals surface area contributed by atoms with Gasteiger partial charge in [-0.3, -0.25) is 0 Å². The summed E-state index contributed by atoms with van der Waals surface area (Å²) < 4.78 is 26.3. The van der Waals surface area contributed by atoms with Crippen LogP contribution >= 0.6 is 11.8 Å². The molecule has 3 N–H and O–H groups in total. The van der Waals surface area contributed by atoms with E-state index in [9.17, 15) is 8.78 Å². The lowest BCUT2D eigenvalue weighted by molar-refractivity contribution is 0.316. The molecule has 1 aromatic rings. The number of halogens is 2. The molecule has 1 rings (SSSR count). The minimum atomic E-state index is -0.479. The van der Waals surface area contributed by atoms with Gasteiger partial charge in [-0.25, -0.2) is 8.78 Å². The Morgan fingerprint density at radius 2 is 2.24 bits per heavy atom. The molecule has 17 heavy (non-hydrogen) atoms. The first-order valence-corrected chi connectivity index (χ1v) is 6.02. The highest BCUT2D eigenvalue weighted by Gasteiger charge is 2.14. The fourth-order valence-corrected chi connectivity index (χ4v) is 2.43. The van der Waals surface area contributed by atoms with E-state index in [0.29, 0.717) is 12.8 Å². The maximum Gasteiger partial charge on any atom is 0.140 e. The molecule has 0 heterocycles. The van der Waals surface area contributed by atoms with E-state index in [2.05, 4.69) is 5.16 Å². The monoisotopic (exact) mass is 260 g/mol. The molecule has 0 aliphatic heterocycles. The smallest absolute Gasteiger partial charge is 0.140 e. The molecule has 0 aromatic heterocycles. The van der Waals surface area contributed by atoms with Gasteiger partial charge in [0.1, 0.15) is 17.5 Å². The molecular weight excluding hydrogens is 246 g/mol. The Bertz CT molecular complexity index is 412. The van der Waals surface area contributed by atoms with Crippen molar-refractivity contribution in [1.82, 2.24) is 0 Å². The predicted molar refractivity (Wildman–Crippen MR) is 64.3 cm³/mol. The van der Waals surface area contributed by atoms with Crippen molar-refractivity contribution in [3.8, 4) is 0 Å². The standard InChI is InChI=1S/C11H14F2N2OS/c1-2-8(6-11(14)15-16)17-10-5-7(12)3-4-9(10)13/h3-5,8,16H,2,6H2,1H3,(H2,14,15). The van der Waals surface area contributed by atoms with E-state index in [0.717, 1.165) is 18.2 Å². The number of benzene rings is 1. The van der Waals surface area contributed by atoms with Gasteiger partial charge >= 0.3 is 0 Å². The zero-order valence-electron chi connectivity index (χ0n) is 9.36.